The normalized spacial score (nSPS) is 19.0. The summed E-state index contributed by atoms with van der Waals surface area (Å²) >= 11 is 0. The van der Waals surface area contributed by atoms with Gasteiger partial charge >= 0.3 is 0 Å². The predicted molar refractivity (Wildman–Crippen MR) is 125 cm³/mol. The van der Waals surface area contributed by atoms with E-state index in [1.165, 1.54) is 5.56 Å². The number of halogens is 2. The van der Waals surface area contributed by atoms with Crippen molar-refractivity contribution >= 4 is 24.8 Å². The van der Waals surface area contributed by atoms with Gasteiger partial charge in [-0.2, -0.15) is 9.97 Å². The van der Waals surface area contributed by atoms with Crippen LogP contribution in [-0.2, 0) is 13.0 Å². The molecule has 1 aromatic carbocycles. The van der Waals surface area contributed by atoms with E-state index in [1.54, 1.807) is 7.11 Å². The lowest BCUT2D eigenvalue weighted by molar-refractivity contribution is 0.115. The number of hydrogen-bond acceptors (Lipinski definition) is 6. The SMILES string of the molecule is CCc1nc(OC)c(CN2CCCC(N)C2c2ccccc2)c(OC(C)C)n1.Cl.Cl. The maximum absolute atomic E-state index is 6.55. The van der Waals surface area contributed by atoms with Crippen molar-refractivity contribution in [3.63, 3.8) is 0 Å². The van der Waals surface area contributed by atoms with E-state index in [-0.39, 0.29) is 43.0 Å². The first-order chi connectivity index (χ1) is 13.5. The number of nitrogens with zero attached hydrogens (tertiary/aromatic N) is 3. The number of ether oxygens (including phenoxy) is 2. The fourth-order valence-electron chi connectivity index (χ4n) is 3.86. The molecular weight excluding hydrogens is 423 g/mol. The van der Waals surface area contributed by atoms with Gasteiger partial charge in [-0.1, -0.05) is 37.3 Å². The Morgan fingerprint density at radius 3 is 2.40 bits per heavy atom. The average molecular weight is 457 g/mol. The number of aryl methyl sites for hydroxylation is 1. The Labute approximate surface area is 192 Å². The van der Waals surface area contributed by atoms with Gasteiger partial charge in [0.2, 0.25) is 11.8 Å². The molecule has 0 amide bonds. The van der Waals surface area contributed by atoms with Crippen molar-refractivity contribution in [3.05, 3.63) is 47.3 Å². The van der Waals surface area contributed by atoms with E-state index < -0.39 is 0 Å². The van der Waals surface area contributed by atoms with Crippen molar-refractivity contribution in [2.75, 3.05) is 13.7 Å². The maximum atomic E-state index is 6.55. The molecule has 2 N–H and O–H groups in total. The standard InChI is InChI=1S/C22H32N4O2.2ClH/c1-5-19-24-21(27-4)17(22(25-19)28-15(2)3)14-26-13-9-12-18(23)20(26)16-10-7-6-8-11-16;;/h6-8,10-11,15,18,20H,5,9,12-14,23H2,1-4H3;2*1H. The number of piperidine rings is 1. The van der Waals surface area contributed by atoms with Crippen LogP contribution in [0.25, 0.3) is 0 Å². The Balaban J connectivity index is 0.00000225. The molecule has 1 aliphatic rings. The Morgan fingerprint density at radius 1 is 1.13 bits per heavy atom. The topological polar surface area (TPSA) is 73.5 Å². The summed E-state index contributed by atoms with van der Waals surface area (Å²) in [5.74, 6) is 1.93. The van der Waals surface area contributed by atoms with Gasteiger partial charge in [-0.15, -0.1) is 24.8 Å². The molecule has 8 heteroatoms. The first-order valence-electron chi connectivity index (χ1n) is 10.2. The summed E-state index contributed by atoms with van der Waals surface area (Å²) in [5, 5.41) is 0. The molecule has 30 heavy (non-hydrogen) atoms. The van der Waals surface area contributed by atoms with Gasteiger partial charge in [-0.25, -0.2) is 0 Å². The molecule has 2 atom stereocenters. The summed E-state index contributed by atoms with van der Waals surface area (Å²) in [4.78, 5) is 11.6. The minimum absolute atomic E-state index is 0. The van der Waals surface area contributed by atoms with E-state index in [0.717, 1.165) is 37.2 Å². The Morgan fingerprint density at radius 2 is 1.80 bits per heavy atom. The fraction of sp³-hybridized carbons (Fsp3) is 0.545. The number of methoxy groups -OCH3 is 1. The molecule has 3 rings (SSSR count). The molecule has 2 unspecified atom stereocenters. The van der Waals surface area contributed by atoms with Crippen LogP contribution in [0.4, 0.5) is 0 Å². The lowest BCUT2D eigenvalue weighted by Crippen LogP contribution is -2.45. The molecule has 1 aromatic heterocycles. The average Bonchev–Trinajstić information content (AvgIpc) is 2.69. The summed E-state index contributed by atoms with van der Waals surface area (Å²) in [6.07, 6.45) is 2.85. The summed E-state index contributed by atoms with van der Waals surface area (Å²) < 4.78 is 11.7. The highest BCUT2D eigenvalue weighted by molar-refractivity contribution is 5.85. The second kappa shape index (κ2) is 12.3. The number of nitrogens with two attached hydrogens (primary N) is 1. The van der Waals surface area contributed by atoms with Gasteiger partial charge in [-0.05, 0) is 38.8 Å². The van der Waals surface area contributed by atoms with Crippen LogP contribution in [0.5, 0.6) is 11.8 Å². The molecule has 0 spiro atoms. The summed E-state index contributed by atoms with van der Waals surface area (Å²) in [6.45, 7) is 7.65. The maximum Gasteiger partial charge on any atom is 0.225 e. The number of aromatic nitrogens is 2. The Bertz CT molecular complexity index is 777. The van der Waals surface area contributed by atoms with Crippen LogP contribution in [0.15, 0.2) is 30.3 Å². The number of hydrogen-bond donors (Lipinski definition) is 1. The van der Waals surface area contributed by atoms with Gasteiger partial charge in [-0.3, -0.25) is 4.90 Å². The molecule has 2 heterocycles. The van der Waals surface area contributed by atoms with Crippen molar-refractivity contribution in [2.45, 2.75) is 64.8 Å². The van der Waals surface area contributed by atoms with E-state index in [9.17, 15) is 0 Å². The third kappa shape index (κ3) is 6.20. The van der Waals surface area contributed by atoms with Crippen LogP contribution in [0.3, 0.4) is 0 Å². The third-order valence-electron chi connectivity index (χ3n) is 5.12. The Kier molecular flexibility index (Phi) is 10.8. The molecule has 2 aromatic rings. The van der Waals surface area contributed by atoms with Crippen LogP contribution in [-0.4, -0.2) is 40.7 Å². The van der Waals surface area contributed by atoms with Gasteiger partial charge in [0, 0.05) is 19.0 Å². The van der Waals surface area contributed by atoms with Crippen LogP contribution < -0.4 is 15.2 Å². The van der Waals surface area contributed by atoms with Gasteiger partial charge < -0.3 is 15.2 Å². The van der Waals surface area contributed by atoms with Crippen molar-refractivity contribution in [2.24, 2.45) is 5.73 Å². The van der Waals surface area contributed by atoms with Gasteiger partial charge in [0.05, 0.1) is 24.8 Å². The molecule has 168 valence electrons. The second-order valence-electron chi connectivity index (χ2n) is 7.59. The van der Waals surface area contributed by atoms with Crippen molar-refractivity contribution < 1.29 is 9.47 Å². The molecule has 0 aliphatic carbocycles. The van der Waals surface area contributed by atoms with Crippen LogP contribution in [0, 0.1) is 0 Å². The molecule has 1 saturated heterocycles. The lowest BCUT2D eigenvalue weighted by Gasteiger charge is -2.40. The minimum atomic E-state index is 0. The van der Waals surface area contributed by atoms with Crippen LogP contribution in [0.2, 0.25) is 0 Å². The van der Waals surface area contributed by atoms with E-state index in [1.807, 2.05) is 26.8 Å². The first-order valence-corrected chi connectivity index (χ1v) is 10.2. The third-order valence-corrected chi connectivity index (χ3v) is 5.12. The molecule has 6 nitrogen and oxygen atoms in total. The molecule has 1 fully saturated rings. The molecular formula is C22H34Cl2N4O2. The summed E-state index contributed by atoms with van der Waals surface area (Å²) in [5.41, 5.74) is 8.69. The zero-order valence-corrected chi connectivity index (χ0v) is 19.8. The zero-order valence-electron chi connectivity index (χ0n) is 18.2. The quantitative estimate of drug-likeness (QED) is 0.667. The predicted octanol–water partition coefficient (Wildman–Crippen LogP) is 4.34. The first kappa shape index (κ1) is 26.4. The number of benzene rings is 1. The lowest BCUT2D eigenvalue weighted by atomic mass is 9.90. The Hall–Kier alpha value is -1.60. The van der Waals surface area contributed by atoms with Gasteiger partial charge in [0.25, 0.3) is 0 Å². The number of rotatable bonds is 7. The fourth-order valence-corrected chi connectivity index (χ4v) is 3.86. The second-order valence-corrected chi connectivity index (χ2v) is 7.59. The monoisotopic (exact) mass is 456 g/mol. The highest BCUT2D eigenvalue weighted by Gasteiger charge is 2.32. The van der Waals surface area contributed by atoms with Crippen LogP contribution in [0.1, 0.15) is 56.6 Å². The van der Waals surface area contributed by atoms with E-state index >= 15 is 0 Å². The van der Waals surface area contributed by atoms with E-state index in [2.05, 4.69) is 39.1 Å². The van der Waals surface area contributed by atoms with Crippen molar-refractivity contribution in [1.82, 2.24) is 14.9 Å². The highest BCUT2D eigenvalue weighted by atomic mass is 35.5. The van der Waals surface area contributed by atoms with Crippen LogP contribution >= 0.6 is 24.8 Å². The van der Waals surface area contributed by atoms with Gasteiger partial charge in [0.1, 0.15) is 5.82 Å². The smallest absolute Gasteiger partial charge is 0.225 e. The molecule has 0 saturated carbocycles. The number of likely N-dealkylation sites (tertiary alicyclic amines) is 1. The molecule has 0 radical (unpaired) electrons. The molecule has 1 aliphatic heterocycles. The summed E-state index contributed by atoms with van der Waals surface area (Å²) in [7, 11) is 1.65. The van der Waals surface area contributed by atoms with E-state index in [4.69, 9.17) is 15.2 Å². The highest BCUT2D eigenvalue weighted by Crippen LogP contribution is 2.35. The minimum Gasteiger partial charge on any atom is -0.481 e. The zero-order chi connectivity index (χ0) is 20.1. The van der Waals surface area contributed by atoms with Gasteiger partial charge in [0.15, 0.2) is 0 Å². The molecule has 0 bridgehead atoms. The van der Waals surface area contributed by atoms with Crippen molar-refractivity contribution in [3.8, 4) is 11.8 Å². The summed E-state index contributed by atoms with van der Waals surface area (Å²) in [6, 6.07) is 10.7. The largest absolute Gasteiger partial charge is 0.481 e. The van der Waals surface area contributed by atoms with Crippen molar-refractivity contribution in [1.29, 1.82) is 0 Å². The van der Waals surface area contributed by atoms with E-state index in [0.29, 0.717) is 18.3 Å².